The molecule has 27 heavy (non-hydrogen) atoms. The Bertz CT molecular complexity index is 1020. The first-order valence-electron chi connectivity index (χ1n) is 8.83. The summed E-state index contributed by atoms with van der Waals surface area (Å²) in [4.78, 5) is -0.0611. The van der Waals surface area contributed by atoms with Gasteiger partial charge in [0.2, 0.25) is 19.9 Å². The molecule has 1 aliphatic carbocycles. The molecule has 2 atom stereocenters. The molecule has 0 aromatic heterocycles. The van der Waals surface area contributed by atoms with Crippen molar-refractivity contribution in [1.29, 1.82) is 0 Å². The van der Waals surface area contributed by atoms with Crippen LogP contribution in [0.3, 0.4) is 0 Å². The number of sulfonamides is 1. The van der Waals surface area contributed by atoms with Gasteiger partial charge in [-0.2, -0.15) is 0 Å². The topological polar surface area (TPSA) is 101 Å². The van der Waals surface area contributed by atoms with Crippen molar-refractivity contribution >= 4 is 19.9 Å². The first kappa shape index (κ1) is 20.0. The summed E-state index contributed by atoms with van der Waals surface area (Å²) < 4.78 is 53.9. The average Bonchev–Trinajstić information content (AvgIpc) is 2.64. The van der Waals surface area contributed by atoms with E-state index >= 15 is 0 Å². The van der Waals surface area contributed by atoms with Gasteiger partial charge in [0.05, 0.1) is 20.8 Å². The molecule has 1 saturated carbocycles. The first-order chi connectivity index (χ1) is 12.7. The van der Waals surface area contributed by atoms with E-state index < -0.39 is 32.0 Å². The molecule has 0 bridgehead atoms. The van der Waals surface area contributed by atoms with E-state index in [9.17, 15) is 21.9 Å². The highest BCUT2D eigenvalue weighted by Gasteiger charge is 2.30. The van der Waals surface area contributed by atoms with Crippen LogP contribution in [0, 0.1) is 6.92 Å². The number of sulfone groups is 1. The summed E-state index contributed by atoms with van der Waals surface area (Å²) in [5, 5.41) is 10.1. The van der Waals surface area contributed by atoms with Crippen molar-refractivity contribution < 1.29 is 21.9 Å². The zero-order valence-electron chi connectivity index (χ0n) is 15.0. The molecular formula is C19H23NO5S2. The third kappa shape index (κ3) is 4.24. The molecule has 2 aromatic carbocycles. The lowest BCUT2D eigenvalue weighted by atomic mass is 9.93. The van der Waals surface area contributed by atoms with Crippen molar-refractivity contribution in [3.63, 3.8) is 0 Å². The molecule has 0 amide bonds. The zero-order chi connectivity index (χ0) is 19.7. The third-order valence-corrected chi connectivity index (χ3v) is 8.25. The number of benzene rings is 2. The van der Waals surface area contributed by atoms with Gasteiger partial charge in [0, 0.05) is 6.04 Å². The van der Waals surface area contributed by atoms with E-state index in [0.29, 0.717) is 18.4 Å². The molecule has 0 aliphatic heterocycles. The van der Waals surface area contributed by atoms with Crippen LogP contribution in [-0.2, 0) is 19.9 Å². The minimum absolute atomic E-state index is 0.0798. The van der Waals surface area contributed by atoms with Crippen LogP contribution in [0.5, 0.6) is 0 Å². The SMILES string of the molecule is Cc1ccc(S(=O)(=O)c2ccccc2)cc1S(=O)(=O)N[C@H]1CCCC[C@H]1O. The van der Waals surface area contributed by atoms with Gasteiger partial charge in [-0.25, -0.2) is 21.6 Å². The van der Waals surface area contributed by atoms with Crippen LogP contribution < -0.4 is 4.72 Å². The van der Waals surface area contributed by atoms with Gasteiger partial charge in [0.15, 0.2) is 0 Å². The zero-order valence-corrected chi connectivity index (χ0v) is 16.6. The molecule has 1 fully saturated rings. The summed E-state index contributed by atoms with van der Waals surface area (Å²) in [5.41, 5.74) is 0.444. The highest BCUT2D eigenvalue weighted by atomic mass is 32.2. The highest BCUT2D eigenvalue weighted by Crippen LogP contribution is 2.27. The summed E-state index contributed by atoms with van der Waals surface area (Å²) in [6.07, 6.45) is 2.08. The second-order valence-corrected chi connectivity index (χ2v) is 10.5. The lowest BCUT2D eigenvalue weighted by molar-refractivity contribution is 0.101. The van der Waals surface area contributed by atoms with Crippen LogP contribution in [0.4, 0.5) is 0 Å². The molecule has 6 nitrogen and oxygen atoms in total. The van der Waals surface area contributed by atoms with Crippen LogP contribution >= 0.6 is 0 Å². The second-order valence-electron chi connectivity index (χ2n) is 6.82. The largest absolute Gasteiger partial charge is 0.391 e. The minimum Gasteiger partial charge on any atom is -0.391 e. The summed E-state index contributed by atoms with van der Waals surface area (Å²) in [7, 11) is -7.79. The summed E-state index contributed by atoms with van der Waals surface area (Å²) in [6, 6.07) is 11.4. The van der Waals surface area contributed by atoms with Gasteiger partial charge in [-0.15, -0.1) is 0 Å². The van der Waals surface area contributed by atoms with Gasteiger partial charge in [-0.05, 0) is 49.6 Å². The van der Waals surface area contributed by atoms with Gasteiger partial charge >= 0.3 is 0 Å². The first-order valence-corrected chi connectivity index (χ1v) is 11.8. The molecule has 1 aliphatic rings. The molecular weight excluding hydrogens is 386 g/mol. The van der Waals surface area contributed by atoms with Crippen molar-refractivity contribution in [2.75, 3.05) is 0 Å². The van der Waals surface area contributed by atoms with Crippen LogP contribution in [0.1, 0.15) is 31.2 Å². The van der Waals surface area contributed by atoms with Crippen molar-refractivity contribution in [2.24, 2.45) is 0 Å². The van der Waals surface area contributed by atoms with E-state index in [1.165, 1.54) is 30.3 Å². The maximum Gasteiger partial charge on any atom is 0.241 e. The maximum atomic E-state index is 12.9. The van der Waals surface area contributed by atoms with E-state index in [0.717, 1.165) is 12.8 Å². The second kappa shape index (κ2) is 7.71. The number of aliphatic hydroxyl groups excluding tert-OH is 1. The molecule has 146 valence electrons. The number of nitrogens with one attached hydrogen (secondary N) is 1. The Hall–Kier alpha value is -1.74. The molecule has 0 saturated heterocycles. The van der Waals surface area contributed by atoms with Gasteiger partial charge in [0.1, 0.15) is 0 Å². The Labute approximate surface area is 160 Å². The molecule has 8 heteroatoms. The van der Waals surface area contributed by atoms with Gasteiger partial charge < -0.3 is 5.11 Å². The summed E-state index contributed by atoms with van der Waals surface area (Å²) in [5.74, 6) is 0. The number of rotatable bonds is 5. The standard InChI is InChI=1S/C19H23NO5S2/c1-14-11-12-16(26(22,23)15-7-3-2-4-8-15)13-19(14)27(24,25)20-17-9-5-6-10-18(17)21/h2-4,7-8,11-13,17-18,20-21H,5-6,9-10H2,1H3/t17-,18+/m0/s1. The molecule has 2 aromatic rings. The molecule has 0 spiro atoms. The predicted molar refractivity (Wildman–Crippen MR) is 102 cm³/mol. The maximum absolute atomic E-state index is 12.9. The fourth-order valence-corrected chi connectivity index (χ4v) is 6.24. The number of aryl methyl sites for hydroxylation is 1. The van der Waals surface area contributed by atoms with Crippen molar-refractivity contribution in [3.05, 3.63) is 54.1 Å². The van der Waals surface area contributed by atoms with Gasteiger partial charge in [0.25, 0.3) is 0 Å². The predicted octanol–water partition coefficient (Wildman–Crippen LogP) is 2.41. The summed E-state index contributed by atoms with van der Waals surface area (Å²) >= 11 is 0. The van der Waals surface area contributed by atoms with Crippen LogP contribution in [0.25, 0.3) is 0 Å². The molecule has 0 unspecified atom stereocenters. The van der Waals surface area contributed by atoms with Crippen molar-refractivity contribution in [3.8, 4) is 0 Å². The molecule has 0 heterocycles. The van der Waals surface area contributed by atoms with Crippen LogP contribution in [-0.4, -0.2) is 34.1 Å². The highest BCUT2D eigenvalue weighted by molar-refractivity contribution is 7.91. The number of hydrogen-bond donors (Lipinski definition) is 2. The Morgan fingerprint density at radius 3 is 2.26 bits per heavy atom. The number of hydrogen-bond acceptors (Lipinski definition) is 5. The average molecular weight is 410 g/mol. The Kier molecular flexibility index (Phi) is 5.71. The van der Waals surface area contributed by atoms with Crippen LogP contribution in [0.2, 0.25) is 0 Å². The van der Waals surface area contributed by atoms with E-state index in [-0.39, 0.29) is 14.7 Å². The fraction of sp³-hybridized carbons (Fsp3) is 0.368. The molecule has 3 rings (SSSR count). The normalized spacial score (nSPS) is 21.1. The Morgan fingerprint density at radius 1 is 0.926 bits per heavy atom. The van der Waals surface area contributed by atoms with Crippen molar-refractivity contribution in [1.82, 2.24) is 4.72 Å². The lowest BCUT2D eigenvalue weighted by Gasteiger charge is -2.28. The number of aliphatic hydroxyl groups is 1. The lowest BCUT2D eigenvalue weighted by Crippen LogP contribution is -2.45. The fourth-order valence-electron chi connectivity index (χ4n) is 3.28. The van der Waals surface area contributed by atoms with Gasteiger partial charge in [-0.3, -0.25) is 0 Å². The van der Waals surface area contributed by atoms with E-state index in [2.05, 4.69) is 4.72 Å². The smallest absolute Gasteiger partial charge is 0.241 e. The van der Waals surface area contributed by atoms with E-state index in [1.807, 2.05) is 0 Å². The molecule has 0 radical (unpaired) electrons. The molecule has 2 N–H and O–H groups in total. The third-order valence-electron chi connectivity index (χ3n) is 4.85. The van der Waals surface area contributed by atoms with Gasteiger partial charge in [-0.1, -0.05) is 37.1 Å². The van der Waals surface area contributed by atoms with E-state index in [4.69, 9.17) is 0 Å². The monoisotopic (exact) mass is 409 g/mol. The Morgan fingerprint density at radius 2 is 1.59 bits per heavy atom. The van der Waals surface area contributed by atoms with Crippen molar-refractivity contribution in [2.45, 2.75) is 59.4 Å². The minimum atomic E-state index is -3.96. The van der Waals surface area contributed by atoms with E-state index in [1.54, 1.807) is 25.1 Å². The quantitative estimate of drug-likeness (QED) is 0.790. The van der Waals surface area contributed by atoms with Crippen LogP contribution in [0.15, 0.2) is 63.2 Å². The Balaban J connectivity index is 1.98. The summed E-state index contributed by atoms with van der Waals surface area (Å²) in [6.45, 7) is 1.62.